The van der Waals surface area contributed by atoms with Crippen LogP contribution in [0, 0.1) is 20.8 Å². The summed E-state index contributed by atoms with van der Waals surface area (Å²) in [6.45, 7) is 11.6. The first kappa shape index (κ1) is 24.1. The zero-order valence-electron chi connectivity index (χ0n) is 19.4. The number of halogens is 2. The molecule has 1 aromatic heterocycles. The van der Waals surface area contributed by atoms with Crippen LogP contribution in [0.15, 0.2) is 72.4 Å². The van der Waals surface area contributed by atoms with E-state index in [0.717, 1.165) is 33.9 Å². The maximum atomic E-state index is 14.3. The Hall–Kier alpha value is -3.54. The van der Waals surface area contributed by atoms with Crippen molar-refractivity contribution in [1.82, 2.24) is 4.98 Å². The van der Waals surface area contributed by atoms with Gasteiger partial charge in [0.25, 0.3) is 5.91 Å². The van der Waals surface area contributed by atoms with Gasteiger partial charge in [0.15, 0.2) is 11.6 Å². The lowest BCUT2D eigenvalue weighted by atomic mass is 9.99. The SMILES string of the molecule is C=C1CCC(F)=CC(F)=C1O/C=C(\CC)c1ccc(NC(=O)c2cc(C)cc(C)c2C)nc1. The summed E-state index contributed by atoms with van der Waals surface area (Å²) in [5.41, 5.74) is 5.56. The Kier molecular flexibility index (Phi) is 7.59. The van der Waals surface area contributed by atoms with Gasteiger partial charge in [0.05, 0.1) is 6.26 Å². The molecular weight excluding hydrogens is 422 g/mol. The minimum absolute atomic E-state index is 0.0609. The van der Waals surface area contributed by atoms with Gasteiger partial charge >= 0.3 is 0 Å². The molecule has 1 aliphatic rings. The van der Waals surface area contributed by atoms with E-state index in [0.29, 0.717) is 23.4 Å². The largest absolute Gasteiger partial charge is 0.461 e. The summed E-state index contributed by atoms with van der Waals surface area (Å²) in [6, 6.07) is 7.41. The molecule has 0 saturated carbocycles. The number of carbonyl (C=O) groups is 1. The molecule has 6 heteroatoms. The van der Waals surface area contributed by atoms with Crippen molar-refractivity contribution in [3.63, 3.8) is 0 Å². The number of hydrogen-bond donors (Lipinski definition) is 1. The minimum Gasteiger partial charge on any atom is -0.461 e. The van der Waals surface area contributed by atoms with Crippen molar-refractivity contribution >= 4 is 17.3 Å². The van der Waals surface area contributed by atoms with Crippen LogP contribution in [-0.4, -0.2) is 10.9 Å². The highest BCUT2D eigenvalue weighted by Gasteiger charge is 2.17. The Morgan fingerprint density at radius 2 is 1.97 bits per heavy atom. The minimum atomic E-state index is -0.778. The Morgan fingerprint density at radius 3 is 2.64 bits per heavy atom. The number of allylic oxidation sites excluding steroid dienone is 5. The molecule has 0 aliphatic heterocycles. The maximum Gasteiger partial charge on any atom is 0.257 e. The predicted octanol–water partition coefficient (Wildman–Crippen LogP) is 7.41. The predicted molar refractivity (Wildman–Crippen MR) is 128 cm³/mol. The van der Waals surface area contributed by atoms with E-state index in [1.165, 1.54) is 6.26 Å². The van der Waals surface area contributed by atoms with E-state index in [1.807, 2.05) is 45.9 Å². The lowest BCUT2D eigenvalue weighted by molar-refractivity contribution is 0.102. The average molecular weight is 451 g/mol. The topological polar surface area (TPSA) is 51.2 Å². The van der Waals surface area contributed by atoms with Gasteiger partial charge in [-0.05, 0) is 79.6 Å². The van der Waals surface area contributed by atoms with Gasteiger partial charge < -0.3 is 10.1 Å². The fraction of sp³-hybridized carbons (Fsp3) is 0.259. The number of nitrogens with zero attached hydrogens (tertiary/aromatic N) is 1. The molecule has 172 valence electrons. The molecule has 0 radical (unpaired) electrons. The summed E-state index contributed by atoms with van der Waals surface area (Å²) < 4.78 is 33.3. The first-order chi connectivity index (χ1) is 15.7. The Balaban J connectivity index is 1.76. The summed E-state index contributed by atoms with van der Waals surface area (Å²) in [4.78, 5) is 17.1. The highest BCUT2D eigenvalue weighted by atomic mass is 19.1. The lowest BCUT2D eigenvalue weighted by Gasteiger charge is -2.12. The molecule has 4 nitrogen and oxygen atoms in total. The van der Waals surface area contributed by atoms with Crippen molar-refractivity contribution in [2.24, 2.45) is 0 Å². The molecule has 1 amide bonds. The fourth-order valence-corrected chi connectivity index (χ4v) is 3.57. The number of aromatic nitrogens is 1. The molecule has 1 aliphatic carbocycles. The van der Waals surface area contributed by atoms with Gasteiger partial charge in [-0.25, -0.2) is 13.8 Å². The molecule has 1 aromatic carbocycles. The normalized spacial score (nSPS) is 14.7. The first-order valence-electron chi connectivity index (χ1n) is 10.8. The second-order valence-electron chi connectivity index (χ2n) is 8.13. The van der Waals surface area contributed by atoms with Crippen LogP contribution in [0.3, 0.4) is 0 Å². The van der Waals surface area contributed by atoms with Crippen LogP contribution in [0.1, 0.15) is 58.8 Å². The highest BCUT2D eigenvalue weighted by Crippen LogP contribution is 2.30. The van der Waals surface area contributed by atoms with Crippen molar-refractivity contribution < 1.29 is 18.3 Å². The quantitative estimate of drug-likeness (QED) is 0.466. The van der Waals surface area contributed by atoms with Crippen LogP contribution in [0.25, 0.3) is 5.57 Å². The highest BCUT2D eigenvalue weighted by molar-refractivity contribution is 6.05. The first-order valence-corrected chi connectivity index (χ1v) is 10.8. The molecule has 33 heavy (non-hydrogen) atoms. The molecule has 2 aromatic rings. The smallest absolute Gasteiger partial charge is 0.257 e. The second kappa shape index (κ2) is 10.4. The fourth-order valence-electron chi connectivity index (χ4n) is 3.57. The lowest BCUT2D eigenvalue weighted by Crippen LogP contribution is -2.15. The van der Waals surface area contributed by atoms with Crippen LogP contribution in [0.5, 0.6) is 0 Å². The number of benzene rings is 1. The molecule has 3 rings (SSSR count). The summed E-state index contributed by atoms with van der Waals surface area (Å²) in [7, 11) is 0. The Labute approximate surface area is 193 Å². The zero-order chi connectivity index (χ0) is 24.1. The number of aryl methyl sites for hydroxylation is 2. The standard InChI is InChI=1S/C27H28F2N2O2/c1-6-20(15-33-26-17(3)7-9-22(28)13-24(26)29)21-8-10-25(30-14-21)31-27(32)23-12-16(2)11-18(4)19(23)5/h8,10-15H,3,6-7,9H2,1-2,4-5H3,(H,30,31,32)/b20-15+. The molecule has 0 spiro atoms. The van der Waals surface area contributed by atoms with Crippen LogP contribution in [0.4, 0.5) is 14.6 Å². The average Bonchev–Trinajstić information content (AvgIpc) is 2.89. The van der Waals surface area contributed by atoms with E-state index in [1.54, 1.807) is 12.3 Å². The molecule has 0 bridgehead atoms. The van der Waals surface area contributed by atoms with Gasteiger partial charge in [0.1, 0.15) is 11.6 Å². The van der Waals surface area contributed by atoms with Gasteiger partial charge in [0.2, 0.25) is 0 Å². The number of pyridine rings is 1. The van der Waals surface area contributed by atoms with E-state index < -0.39 is 11.7 Å². The summed E-state index contributed by atoms with van der Waals surface area (Å²) in [5, 5.41) is 2.83. The van der Waals surface area contributed by atoms with E-state index in [9.17, 15) is 13.6 Å². The van der Waals surface area contributed by atoms with Crippen LogP contribution in [-0.2, 0) is 4.74 Å². The van der Waals surface area contributed by atoms with Gasteiger partial charge in [-0.1, -0.05) is 25.1 Å². The van der Waals surface area contributed by atoms with Gasteiger partial charge in [0, 0.05) is 24.3 Å². The third-order valence-electron chi connectivity index (χ3n) is 5.62. The van der Waals surface area contributed by atoms with Crippen molar-refractivity contribution in [2.75, 3.05) is 5.32 Å². The van der Waals surface area contributed by atoms with Crippen LogP contribution >= 0.6 is 0 Å². The van der Waals surface area contributed by atoms with Crippen molar-refractivity contribution in [1.29, 1.82) is 0 Å². The summed E-state index contributed by atoms with van der Waals surface area (Å²) in [6.07, 6.45) is 4.88. The molecule has 0 unspecified atom stereocenters. The molecule has 0 atom stereocenters. The van der Waals surface area contributed by atoms with Crippen LogP contribution < -0.4 is 5.32 Å². The van der Waals surface area contributed by atoms with Gasteiger partial charge in [-0.2, -0.15) is 0 Å². The molecule has 1 heterocycles. The van der Waals surface area contributed by atoms with E-state index >= 15 is 0 Å². The number of ether oxygens (including phenoxy) is 1. The zero-order valence-corrected chi connectivity index (χ0v) is 19.4. The number of amides is 1. The maximum absolute atomic E-state index is 14.3. The number of carbonyl (C=O) groups excluding carboxylic acids is 1. The van der Waals surface area contributed by atoms with Crippen molar-refractivity contribution in [3.05, 3.63) is 100 Å². The van der Waals surface area contributed by atoms with Gasteiger partial charge in [-0.15, -0.1) is 0 Å². The molecule has 0 fully saturated rings. The number of anilines is 1. The number of hydrogen-bond acceptors (Lipinski definition) is 3. The van der Waals surface area contributed by atoms with Gasteiger partial charge in [-0.3, -0.25) is 4.79 Å². The van der Waals surface area contributed by atoms with Crippen LogP contribution in [0.2, 0.25) is 0 Å². The van der Waals surface area contributed by atoms with E-state index in [4.69, 9.17) is 4.74 Å². The molecular formula is C27H28F2N2O2. The summed E-state index contributed by atoms with van der Waals surface area (Å²) in [5.74, 6) is -1.17. The number of nitrogens with one attached hydrogen (secondary N) is 1. The third kappa shape index (κ3) is 5.83. The third-order valence-corrected chi connectivity index (χ3v) is 5.62. The second-order valence-corrected chi connectivity index (χ2v) is 8.13. The van der Waals surface area contributed by atoms with E-state index in [2.05, 4.69) is 16.9 Å². The Bertz CT molecular complexity index is 1180. The van der Waals surface area contributed by atoms with Crippen molar-refractivity contribution in [3.8, 4) is 0 Å². The molecule has 0 saturated heterocycles. The summed E-state index contributed by atoms with van der Waals surface area (Å²) >= 11 is 0. The Morgan fingerprint density at radius 1 is 1.21 bits per heavy atom. The monoisotopic (exact) mass is 450 g/mol. The van der Waals surface area contributed by atoms with Crippen molar-refractivity contribution in [2.45, 2.75) is 47.0 Å². The van der Waals surface area contributed by atoms with E-state index in [-0.39, 0.29) is 24.5 Å². The molecule has 1 N–H and O–H groups in total. The number of rotatable bonds is 6.